The molecule has 0 aliphatic heterocycles. The molecule has 0 amide bonds. The molecule has 2 aromatic heterocycles. The molecule has 0 atom stereocenters. The molecule has 3 aromatic rings. The van der Waals surface area contributed by atoms with Crippen molar-refractivity contribution in [3.8, 4) is 22.9 Å². The van der Waals surface area contributed by atoms with Gasteiger partial charge in [0.05, 0.1) is 14.2 Å². The zero-order valence-electron chi connectivity index (χ0n) is 16.9. The smallest absolute Gasteiger partial charge is 0.213 e. The molecule has 0 radical (unpaired) electrons. The number of halogens is 1. The largest absolute Gasteiger partial charge is 0.494 e. The summed E-state index contributed by atoms with van der Waals surface area (Å²) in [7, 11) is 2.97. The second-order valence-corrected chi connectivity index (χ2v) is 6.64. The van der Waals surface area contributed by atoms with Crippen molar-refractivity contribution in [1.29, 1.82) is 0 Å². The molecule has 2 heterocycles. The molecule has 6 nitrogen and oxygen atoms in total. The van der Waals surface area contributed by atoms with Crippen molar-refractivity contribution in [2.75, 3.05) is 14.2 Å². The van der Waals surface area contributed by atoms with E-state index in [2.05, 4.69) is 9.97 Å². The number of rotatable bonds is 8. The number of pyridine rings is 2. The molecule has 7 heteroatoms. The minimum Gasteiger partial charge on any atom is -0.494 e. The van der Waals surface area contributed by atoms with Gasteiger partial charge in [0.15, 0.2) is 11.6 Å². The first-order chi connectivity index (χ1) is 14.4. The van der Waals surface area contributed by atoms with Gasteiger partial charge in [0, 0.05) is 36.2 Å². The van der Waals surface area contributed by atoms with Crippen LogP contribution in [-0.4, -0.2) is 35.8 Å². The number of carbonyl (C=O) groups is 2. The van der Waals surface area contributed by atoms with Gasteiger partial charge in [-0.05, 0) is 48.9 Å². The van der Waals surface area contributed by atoms with Gasteiger partial charge in [-0.3, -0.25) is 9.59 Å². The molecular weight excluding hydrogens is 387 g/mol. The molecule has 0 aliphatic carbocycles. The average molecular weight is 408 g/mol. The van der Waals surface area contributed by atoms with Crippen molar-refractivity contribution in [2.24, 2.45) is 0 Å². The molecule has 0 fully saturated rings. The van der Waals surface area contributed by atoms with E-state index < -0.39 is 0 Å². The molecule has 0 bridgehead atoms. The van der Waals surface area contributed by atoms with E-state index in [-0.39, 0.29) is 35.9 Å². The Bertz CT molecular complexity index is 1100. The van der Waals surface area contributed by atoms with Gasteiger partial charge in [-0.25, -0.2) is 14.4 Å². The molecule has 30 heavy (non-hydrogen) atoms. The quantitative estimate of drug-likeness (QED) is 0.512. The highest BCUT2D eigenvalue weighted by atomic mass is 19.1. The number of ether oxygens (including phenoxy) is 2. The number of hydrogen-bond donors (Lipinski definition) is 0. The Morgan fingerprint density at radius 1 is 0.967 bits per heavy atom. The van der Waals surface area contributed by atoms with E-state index in [4.69, 9.17) is 9.47 Å². The molecule has 1 aromatic carbocycles. The summed E-state index contributed by atoms with van der Waals surface area (Å²) in [6.45, 7) is 1.65. The summed E-state index contributed by atoms with van der Waals surface area (Å²) in [5, 5.41) is 0. The fourth-order valence-corrected chi connectivity index (χ4v) is 2.96. The van der Waals surface area contributed by atoms with E-state index in [1.807, 2.05) is 0 Å². The van der Waals surface area contributed by atoms with Crippen LogP contribution < -0.4 is 9.47 Å². The molecule has 0 N–H and O–H groups in total. The number of nitrogens with zero attached hydrogens (tertiary/aromatic N) is 2. The summed E-state index contributed by atoms with van der Waals surface area (Å²) in [4.78, 5) is 33.4. The summed E-state index contributed by atoms with van der Waals surface area (Å²) in [6.07, 6.45) is 1.52. The summed E-state index contributed by atoms with van der Waals surface area (Å²) in [6, 6.07) is 10.9. The molecule has 154 valence electrons. The Kier molecular flexibility index (Phi) is 6.51. The zero-order chi connectivity index (χ0) is 21.7. The van der Waals surface area contributed by atoms with Crippen LogP contribution in [0, 0.1) is 12.7 Å². The number of hydrogen-bond acceptors (Lipinski definition) is 6. The highest BCUT2D eigenvalue weighted by molar-refractivity contribution is 6.01. The minimum absolute atomic E-state index is 0.00465. The van der Waals surface area contributed by atoms with Crippen LogP contribution in [0.3, 0.4) is 0 Å². The lowest BCUT2D eigenvalue weighted by Gasteiger charge is -2.11. The van der Waals surface area contributed by atoms with Gasteiger partial charge in [0.25, 0.3) is 0 Å². The minimum atomic E-state index is -0.323. The summed E-state index contributed by atoms with van der Waals surface area (Å²) in [5.41, 5.74) is 2.19. The normalized spacial score (nSPS) is 10.5. The highest BCUT2D eigenvalue weighted by Gasteiger charge is 2.16. The number of aryl methyl sites for hydroxylation is 1. The second-order valence-electron chi connectivity index (χ2n) is 6.64. The van der Waals surface area contributed by atoms with E-state index in [0.29, 0.717) is 34.0 Å². The second kappa shape index (κ2) is 9.26. The van der Waals surface area contributed by atoms with Crippen molar-refractivity contribution in [2.45, 2.75) is 19.8 Å². The van der Waals surface area contributed by atoms with Crippen LogP contribution in [0.5, 0.6) is 11.6 Å². The van der Waals surface area contributed by atoms with Crippen LogP contribution in [0.2, 0.25) is 0 Å². The SMILES string of the molecule is COc1cc(C(=O)CCC(=O)c2ccc(OC)c(-c3ccc(F)c(C)c3)n2)ccn1. The number of methoxy groups -OCH3 is 2. The Hall–Kier alpha value is -3.61. The van der Waals surface area contributed by atoms with Crippen LogP contribution >= 0.6 is 0 Å². The van der Waals surface area contributed by atoms with Crippen molar-refractivity contribution in [1.82, 2.24) is 9.97 Å². The lowest BCUT2D eigenvalue weighted by molar-refractivity contribution is 0.0915. The van der Waals surface area contributed by atoms with Gasteiger partial charge in [-0.1, -0.05) is 0 Å². The zero-order valence-corrected chi connectivity index (χ0v) is 16.9. The van der Waals surface area contributed by atoms with E-state index in [9.17, 15) is 14.0 Å². The van der Waals surface area contributed by atoms with E-state index in [0.717, 1.165) is 0 Å². The lowest BCUT2D eigenvalue weighted by Crippen LogP contribution is -2.08. The summed E-state index contributed by atoms with van der Waals surface area (Å²) >= 11 is 0. The van der Waals surface area contributed by atoms with Gasteiger partial charge in [0.1, 0.15) is 23.0 Å². The van der Waals surface area contributed by atoms with Gasteiger partial charge < -0.3 is 9.47 Å². The first-order valence-electron chi connectivity index (χ1n) is 9.31. The Morgan fingerprint density at radius 3 is 2.43 bits per heavy atom. The molecule has 0 spiro atoms. The van der Waals surface area contributed by atoms with Crippen LogP contribution in [0.25, 0.3) is 11.3 Å². The molecule has 3 rings (SSSR count). The first kappa shape index (κ1) is 21.1. The monoisotopic (exact) mass is 408 g/mol. The third-order valence-electron chi connectivity index (χ3n) is 4.64. The Morgan fingerprint density at radius 2 is 1.73 bits per heavy atom. The fourth-order valence-electron chi connectivity index (χ4n) is 2.96. The molecule has 0 unspecified atom stereocenters. The number of aromatic nitrogens is 2. The van der Waals surface area contributed by atoms with E-state index in [1.54, 1.807) is 37.3 Å². The van der Waals surface area contributed by atoms with E-state index >= 15 is 0 Å². The van der Waals surface area contributed by atoms with Crippen LogP contribution in [0.4, 0.5) is 4.39 Å². The van der Waals surface area contributed by atoms with E-state index in [1.165, 1.54) is 32.5 Å². The topological polar surface area (TPSA) is 78.4 Å². The maximum Gasteiger partial charge on any atom is 0.213 e. The highest BCUT2D eigenvalue weighted by Crippen LogP contribution is 2.29. The first-order valence-corrected chi connectivity index (χ1v) is 9.31. The molecule has 0 saturated carbocycles. The predicted molar refractivity (Wildman–Crippen MR) is 110 cm³/mol. The van der Waals surface area contributed by atoms with Crippen molar-refractivity contribution < 1.29 is 23.5 Å². The fraction of sp³-hybridized carbons (Fsp3) is 0.217. The van der Waals surface area contributed by atoms with Crippen molar-refractivity contribution in [3.63, 3.8) is 0 Å². The lowest BCUT2D eigenvalue weighted by atomic mass is 10.0. The summed E-state index contributed by atoms with van der Waals surface area (Å²) < 4.78 is 24.0. The third kappa shape index (κ3) is 4.68. The maximum atomic E-state index is 13.6. The molecule has 0 saturated heterocycles. The van der Waals surface area contributed by atoms with Gasteiger partial charge in [0.2, 0.25) is 5.88 Å². The van der Waals surface area contributed by atoms with Crippen LogP contribution in [0.1, 0.15) is 39.3 Å². The number of carbonyl (C=O) groups excluding carboxylic acids is 2. The third-order valence-corrected chi connectivity index (χ3v) is 4.64. The van der Waals surface area contributed by atoms with Gasteiger partial charge in [-0.2, -0.15) is 0 Å². The van der Waals surface area contributed by atoms with Crippen LogP contribution in [-0.2, 0) is 0 Å². The predicted octanol–water partition coefficient (Wildman–Crippen LogP) is 4.45. The molecule has 0 aliphatic rings. The average Bonchev–Trinajstić information content (AvgIpc) is 2.78. The molecular formula is C23H21FN2O4. The van der Waals surface area contributed by atoms with Gasteiger partial charge >= 0.3 is 0 Å². The number of Topliss-reactive ketones (excluding diaryl/α,β-unsaturated/α-hetero) is 2. The van der Waals surface area contributed by atoms with Crippen LogP contribution in [0.15, 0.2) is 48.7 Å². The number of benzene rings is 1. The van der Waals surface area contributed by atoms with Gasteiger partial charge in [-0.15, -0.1) is 0 Å². The Labute approximate surface area is 173 Å². The standard InChI is InChI=1S/C23H21FN2O4/c1-14-12-16(4-5-17(14)24)23-21(29-2)9-6-18(26-23)20(28)8-7-19(27)15-10-11-25-22(13-15)30-3/h4-6,9-13H,7-8H2,1-3H3. The number of ketones is 2. The maximum absolute atomic E-state index is 13.6. The van der Waals surface area contributed by atoms with Crippen molar-refractivity contribution in [3.05, 3.63) is 71.3 Å². The Balaban J connectivity index is 1.79. The van der Waals surface area contributed by atoms with Crippen molar-refractivity contribution >= 4 is 11.6 Å². The summed E-state index contributed by atoms with van der Waals surface area (Å²) in [5.74, 6) is 0.0241.